The molecule has 0 radical (unpaired) electrons. The van der Waals surface area contributed by atoms with Crippen molar-refractivity contribution in [1.82, 2.24) is 29.9 Å². The van der Waals surface area contributed by atoms with Crippen LogP contribution >= 0.6 is 0 Å². The lowest BCUT2D eigenvalue weighted by molar-refractivity contribution is 0.0242. The summed E-state index contributed by atoms with van der Waals surface area (Å²) in [4.78, 5) is 36.2. The Morgan fingerprint density at radius 3 is 2.71 bits per heavy atom. The lowest BCUT2D eigenvalue weighted by Crippen LogP contribution is -2.61. The molecule has 2 aromatic heterocycles. The van der Waals surface area contributed by atoms with Gasteiger partial charge in [-0.1, -0.05) is 0 Å². The molecule has 11 heteroatoms. The number of nitrogens with one attached hydrogen (secondary N) is 2. The molecule has 1 fully saturated rings. The maximum Gasteiger partial charge on any atom is 0.321 e. The third kappa shape index (κ3) is 4.37. The zero-order chi connectivity index (χ0) is 24.6. The Morgan fingerprint density at radius 2 is 2.03 bits per heavy atom. The molecule has 3 amide bonds. The van der Waals surface area contributed by atoms with E-state index < -0.39 is 17.3 Å². The number of aromatic amines is 1. The second-order valence-corrected chi connectivity index (χ2v) is 9.51. The minimum absolute atomic E-state index is 0.0437. The molecule has 0 unspecified atom stereocenters. The van der Waals surface area contributed by atoms with E-state index in [-0.39, 0.29) is 23.8 Å². The van der Waals surface area contributed by atoms with E-state index >= 15 is 0 Å². The van der Waals surface area contributed by atoms with E-state index in [4.69, 9.17) is 4.74 Å². The Labute approximate surface area is 198 Å². The first-order chi connectivity index (χ1) is 16.1. The summed E-state index contributed by atoms with van der Waals surface area (Å²) < 4.78 is 18.4. The number of carbonyl (C=O) groups is 2. The van der Waals surface area contributed by atoms with Gasteiger partial charge in [-0.3, -0.25) is 14.8 Å². The number of pyridine rings is 1. The second-order valence-electron chi connectivity index (χ2n) is 9.51. The maximum atomic E-state index is 13.7. The number of anilines is 1. The lowest BCUT2D eigenvalue weighted by Gasteiger charge is -2.46. The van der Waals surface area contributed by atoms with Gasteiger partial charge < -0.3 is 19.9 Å². The van der Waals surface area contributed by atoms with Gasteiger partial charge >= 0.3 is 6.03 Å². The Morgan fingerprint density at radius 1 is 1.26 bits per heavy atom. The van der Waals surface area contributed by atoms with Crippen molar-refractivity contribution in [3.8, 4) is 0 Å². The van der Waals surface area contributed by atoms with E-state index in [0.29, 0.717) is 25.5 Å². The molecule has 0 aliphatic carbocycles. The molecule has 4 heterocycles. The van der Waals surface area contributed by atoms with Crippen LogP contribution in [0.2, 0.25) is 0 Å². The van der Waals surface area contributed by atoms with Crippen molar-refractivity contribution in [2.45, 2.75) is 51.9 Å². The highest BCUT2D eigenvalue weighted by molar-refractivity contribution is 6.02. The van der Waals surface area contributed by atoms with Crippen LogP contribution in [0.5, 0.6) is 0 Å². The van der Waals surface area contributed by atoms with E-state index in [1.165, 1.54) is 12.1 Å². The molecular formula is C23H32FN7O3. The van der Waals surface area contributed by atoms with E-state index in [9.17, 15) is 14.0 Å². The van der Waals surface area contributed by atoms with Crippen LogP contribution in [0, 0.1) is 5.82 Å². The van der Waals surface area contributed by atoms with Gasteiger partial charge in [0.2, 0.25) is 0 Å². The Hall–Kier alpha value is -3.05. The first kappa shape index (κ1) is 24.1. The van der Waals surface area contributed by atoms with Crippen molar-refractivity contribution in [1.29, 1.82) is 0 Å². The number of urea groups is 1. The van der Waals surface area contributed by atoms with Crippen LogP contribution in [0.4, 0.5) is 15.0 Å². The van der Waals surface area contributed by atoms with Gasteiger partial charge in [0.05, 0.1) is 30.6 Å². The largest absolute Gasteiger partial charge is 0.383 e. The number of halogens is 1. The number of hydrogen-bond acceptors (Lipinski definition) is 6. The SMILES string of the molecule is COCCN1C[C@H](C)N(C(=O)N2Cc3c(NC(=O)c4ccc(F)cn4)n[nH]c3C2(C)C)C[C@H]1C. The van der Waals surface area contributed by atoms with Gasteiger partial charge in [0.15, 0.2) is 5.82 Å². The van der Waals surface area contributed by atoms with Gasteiger partial charge in [0.1, 0.15) is 11.5 Å². The summed E-state index contributed by atoms with van der Waals surface area (Å²) in [5, 5.41) is 10.00. The van der Waals surface area contributed by atoms with Crippen molar-refractivity contribution >= 4 is 17.8 Å². The van der Waals surface area contributed by atoms with Gasteiger partial charge in [-0.05, 0) is 39.8 Å². The maximum absolute atomic E-state index is 13.7. The molecule has 0 spiro atoms. The van der Waals surface area contributed by atoms with E-state index in [2.05, 4.69) is 39.2 Å². The number of amides is 3. The number of hydrogen-bond donors (Lipinski definition) is 2. The van der Waals surface area contributed by atoms with E-state index in [1.54, 1.807) is 7.11 Å². The Bertz CT molecular complexity index is 1060. The van der Waals surface area contributed by atoms with Crippen LogP contribution < -0.4 is 5.32 Å². The van der Waals surface area contributed by atoms with Crippen LogP contribution in [0.25, 0.3) is 0 Å². The number of rotatable bonds is 5. The predicted molar refractivity (Wildman–Crippen MR) is 124 cm³/mol. The average Bonchev–Trinajstić information content (AvgIpc) is 3.32. The number of piperazine rings is 1. The van der Waals surface area contributed by atoms with Crippen LogP contribution in [-0.2, 0) is 16.8 Å². The first-order valence-electron chi connectivity index (χ1n) is 11.4. The smallest absolute Gasteiger partial charge is 0.321 e. The standard InChI is InChI=1S/C23H32FN7O3/c1-14-12-30(15(2)11-29(14)8-9-34-5)22(33)31-13-17-19(23(31,3)4)27-28-20(17)26-21(32)18-7-6-16(24)10-25-18/h6-7,10,14-15H,8-9,11-13H2,1-5H3,(H2,26,27,28,32)/t14-,15+/m1/s1. The van der Waals surface area contributed by atoms with Crippen LogP contribution in [0.15, 0.2) is 18.3 Å². The molecule has 2 aliphatic heterocycles. The topological polar surface area (TPSA) is 107 Å². The molecule has 184 valence electrons. The molecule has 0 aromatic carbocycles. The van der Waals surface area contributed by atoms with Gasteiger partial charge in [0.25, 0.3) is 5.91 Å². The summed E-state index contributed by atoms with van der Waals surface area (Å²) >= 11 is 0. The van der Waals surface area contributed by atoms with Crippen LogP contribution in [-0.4, -0.2) is 87.3 Å². The number of H-pyrrole nitrogens is 1. The molecule has 34 heavy (non-hydrogen) atoms. The third-order valence-corrected chi connectivity index (χ3v) is 6.84. The Balaban J connectivity index is 1.49. The minimum Gasteiger partial charge on any atom is -0.383 e. The summed E-state index contributed by atoms with van der Waals surface area (Å²) in [7, 11) is 1.69. The molecule has 0 bridgehead atoms. The number of nitrogens with zero attached hydrogens (tertiary/aromatic N) is 5. The summed E-state index contributed by atoms with van der Waals surface area (Å²) in [6.45, 7) is 11.3. The molecule has 0 saturated carbocycles. The van der Waals surface area contributed by atoms with E-state index in [0.717, 1.165) is 30.5 Å². The molecule has 2 atom stereocenters. The minimum atomic E-state index is -0.632. The van der Waals surface area contributed by atoms with Crippen LogP contribution in [0.1, 0.15) is 49.4 Å². The number of methoxy groups -OCH3 is 1. The highest BCUT2D eigenvalue weighted by Crippen LogP contribution is 2.41. The highest BCUT2D eigenvalue weighted by atomic mass is 19.1. The van der Waals surface area contributed by atoms with Gasteiger partial charge in [-0.2, -0.15) is 5.10 Å². The summed E-state index contributed by atoms with van der Waals surface area (Å²) in [6.07, 6.45) is 0.991. The van der Waals surface area contributed by atoms with E-state index in [1.807, 2.05) is 23.6 Å². The van der Waals surface area contributed by atoms with Crippen molar-refractivity contribution in [3.63, 3.8) is 0 Å². The average molecular weight is 474 g/mol. The highest BCUT2D eigenvalue weighted by Gasteiger charge is 2.46. The fraction of sp³-hybridized carbons (Fsp3) is 0.565. The fourth-order valence-electron chi connectivity index (χ4n) is 4.75. The van der Waals surface area contributed by atoms with Gasteiger partial charge in [-0.15, -0.1) is 0 Å². The molecule has 2 aliphatic rings. The molecular weight excluding hydrogens is 441 g/mol. The monoisotopic (exact) mass is 473 g/mol. The normalized spacial score (nSPS) is 22.1. The zero-order valence-electron chi connectivity index (χ0n) is 20.3. The molecule has 1 saturated heterocycles. The lowest BCUT2D eigenvalue weighted by atomic mass is 10.0. The molecule has 10 nitrogen and oxygen atoms in total. The summed E-state index contributed by atoms with van der Waals surface area (Å²) in [5.41, 5.74) is 0.987. The quantitative estimate of drug-likeness (QED) is 0.691. The zero-order valence-corrected chi connectivity index (χ0v) is 20.3. The van der Waals surface area contributed by atoms with Crippen molar-refractivity contribution in [3.05, 3.63) is 41.1 Å². The first-order valence-corrected chi connectivity index (χ1v) is 11.4. The van der Waals surface area contributed by atoms with Crippen LogP contribution in [0.3, 0.4) is 0 Å². The number of aromatic nitrogens is 3. The van der Waals surface area contributed by atoms with Crippen molar-refractivity contribution in [2.24, 2.45) is 0 Å². The number of carbonyl (C=O) groups excluding carboxylic acids is 2. The fourth-order valence-corrected chi connectivity index (χ4v) is 4.75. The number of fused-ring (bicyclic) bond motifs is 1. The molecule has 2 N–H and O–H groups in total. The molecule has 4 rings (SSSR count). The Kier molecular flexibility index (Phi) is 6.59. The third-order valence-electron chi connectivity index (χ3n) is 6.84. The van der Waals surface area contributed by atoms with Gasteiger partial charge in [0, 0.05) is 44.4 Å². The predicted octanol–water partition coefficient (Wildman–Crippen LogP) is 2.41. The van der Waals surface area contributed by atoms with Crippen molar-refractivity contribution in [2.75, 3.05) is 38.7 Å². The van der Waals surface area contributed by atoms with Crippen molar-refractivity contribution < 1.29 is 18.7 Å². The molecule has 2 aromatic rings. The van der Waals surface area contributed by atoms with Gasteiger partial charge in [-0.25, -0.2) is 14.2 Å². The summed E-state index contributed by atoms with van der Waals surface area (Å²) in [5.74, 6) is -0.664. The number of ether oxygens (including phenoxy) is 1. The summed E-state index contributed by atoms with van der Waals surface area (Å²) in [6, 6.07) is 2.72. The second kappa shape index (κ2) is 9.30.